The lowest BCUT2D eigenvalue weighted by Crippen LogP contribution is -2.20. The Bertz CT molecular complexity index is 429. The Balaban J connectivity index is 2.09. The summed E-state index contributed by atoms with van der Waals surface area (Å²) in [4.78, 5) is 9.03. The Labute approximate surface area is 114 Å². The first-order chi connectivity index (χ1) is 9.08. The van der Waals surface area contributed by atoms with Crippen molar-refractivity contribution < 1.29 is 5.11 Å². The Morgan fingerprint density at radius 1 is 1.26 bits per heavy atom. The zero-order valence-electron chi connectivity index (χ0n) is 12.0. The number of rotatable bonds is 7. The van der Waals surface area contributed by atoms with E-state index in [1.165, 1.54) is 0 Å². The minimum Gasteiger partial charge on any atom is -0.396 e. The molecule has 1 fully saturated rings. The third kappa shape index (κ3) is 3.56. The van der Waals surface area contributed by atoms with Crippen LogP contribution >= 0.6 is 0 Å². The third-order valence-electron chi connectivity index (χ3n) is 3.55. The number of nitrogens with zero attached hydrogens (tertiary/aromatic N) is 2. The molecule has 5 nitrogen and oxygen atoms in total. The van der Waals surface area contributed by atoms with Gasteiger partial charge in [-0.3, -0.25) is 0 Å². The van der Waals surface area contributed by atoms with Crippen LogP contribution in [0.15, 0.2) is 6.07 Å². The molecular formula is C14H24N4O. The van der Waals surface area contributed by atoms with Crippen molar-refractivity contribution in [2.45, 2.75) is 39.5 Å². The van der Waals surface area contributed by atoms with Gasteiger partial charge in [0.2, 0.25) is 0 Å². The molecule has 0 unspecified atom stereocenters. The van der Waals surface area contributed by atoms with Crippen LogP contribution in [0.4, 0.5) is 11.6 Å². The Morgan fingerprint density at radius 2 is 1.89 bits per heavy atom. The molecule has 0 amide bonds. The van der Waals surface area contributed by atoms with E-state index < -0.39 is 0 Å². The van der Waals surface area contributed by atoms with Crippen molar-refractivity contribution in [2.24, 2.45) is 5.41 Å². The number of hydrogen-bond acceptors (Lipinski definition) is 5. The predicted octanol–water partition coefficient (Wildman–Crippen LogP) is 2.22. The van der Waals surface area contributed by atoms with Gasteiger partial charge in [-0.15, -0.1) is 0 Å². The molecule has 1 heterocycles. The lowest BCUT2D eigenvalue weighted by atomic mass is 10.1. The van der Waals surface area contributed by atoms with Crippen LogP contribution in [-0.4, -0.2) is 34.8 Å². The minimum absolute atomic E-state index is 0.0846. The van der Waals surface area contributed by atoms with E-state index in [-0.39, 0.29) is 12.0 Å². The summed E-state index contributed by atoms with van der Waals surface area (Å²) >= 11 is 0. The van der Waals surface area contributed by atoms with Crippen LogP contribution in [0.25, 0.3) is 0 Å². The van der Waals surface area contributed by atoms with Gasteiger partial charge in [0.1, 0.15) is 17.5 Å². The highest BCUT2D eigenvalue weighted by Crippen LogP contribution is 2.44. The molecule has 0 radical (unpaired) electrons. The van der Waals surface area contributed by atoms with Gasteiger partial charge >= 0.3 is 0 Å². The molecule has 1 aromatic heterocycles. The summed E-state index contributed by atoms with van der Waals surface area (Å²) in [5, 5.41) is 15.9. The van der Waals surface area contributed by atoms with E-state index in [1.807, 2.05) is 6.07 Å². The van der Waals surface area contributed by atoms with Gasteiger partial charge in [0, 0.05) is 30.5 Å². The quantitative estimate of drug-likeness (QED) is 0.704. The Hall–Kier alpha value is -1.36. The van der Waals surface area contributed by atoms with Crippen molar-refractivity contribution in [3.63, 3.8) is 0 Å². The van der Waals surface area contributed by atoms with Crippen LogP contribution in [0.1, 0.15) is 45.4 Å². The molecular weight excluding hydrogens is 240 g/mol. The van der Waals surface area contributed by atoms with Crippen molar-refractivity contribution in [1.29, 1.82) is 0 Å². The van der Waals surface area contributed by atoms with Gasteiger partial charge in [-0.25, -0.2) is 9.97 Å². The number of aliphatic hydroxyl groups is 1. The van der Waals surface area contributed by atoms with Gasteiger partial charge in [0.05, 0.1) is 6.61 Å². The summed E-state index contributed by atoms with van der Waals surface area (Å²) in [5.74, 6) is 2.84. The lowest BCUT2D eigenvalue weighted by Gasteiger charge is -2.15. The van der Waals surface area contributed by atoms with E-state index in [9.17, 15) is 5.11 Å². The molecule has 0 bridgehead atoms. The molecule has 106 valence electrons. The monoisotopic (exact) mass is 264 g/mol. The second-order valence-corrected chi connectivity index (χ2v) is 5.69. The standard InChI is InChI=1S/C14H24N4O/c1-4-15-11-7-12(18-13(17-11)10(2)3)16-8-14(9-19)5-6-14/h7,10,19H,4-6,8-9H2,1-3H3,(H2,15,16,17,18). The van der Waals surface area contributed by atoms with E-state index in [2.05, 4.69) is 41.4 Å². The van der Waals surface area contributed by atoms with Gasteiger partial charge in [-0.1, -0.05) is 13.8 Å². The summed E-state index contributed by atoms with van der Waals surface area (Å²) in [7, 11) is 0. The van der Waals surface area contributed by atoms with Crippen LogP contribution in [0.3, 0.4) is 0 Å². The Morgan fingerprint density at radius 3 is 2.37 bits per heavy atom. The smallest absolute Gasteiger partial charge is 0.135 e. The van der Waals surface area contributed by atoms with E-state index in [0.29, 0.717) is 5.92 Å². The first-order valence-electron chi connectivity index (χ1n) is 7.06. The summed E-state index contributed by atoms with van der Waals surface area (Å²) in [5.41, 5.74) is 0.0846. The molecule has 19 heavy (non-hydrogen) atoms. The highest BCUT2D eigenvalue weighted by atomic mass is 16.3. The maximum Gasteiger partial charge on any atom is 0.135 e. The maximum absolute atomic E-state index is 9.33. The largest absolute Gasteiger partial charge is 0.396 e. The number of anilines is 2. The van der Waals surface area contributed by atoms with E-state index in [4.69, 9.17) is 0 Å². The van der Waals surface area contributed by atoms with Crippen molar-refractivity contribution in [3.05, 3.63) is 11.9 Å². The fourth-order valence-electron chi connectivity index (χ4n) is 1.93. The SMILES string of the molecule is CCNc1cc(NCC2(CO)CC2)nc(C(C)C)n1. The molecule has 0 saturated heterocycles. The molecule has 0 atom stereocenters. The topological polar surface area (TPSA) is 70.1 Å². The lowest BCUT2D eigenvalue weighted by molar-refractivity contribution is 0.219. The fraction of sp³-hybridized carbons (Fsp3) is 0.714. The molecule has 0 aliphatic heterocycles. The first kappa shape index (κ1) is 14.1. The van der Waals surface area contributed by atoms with Gasteiger partial charge in [-0.2, -0.15) is 0 Å². The van der Waals surface area contributed by atoms with E-state index in [0.717, 1.165) is 43.4 Å². The molecule has 5 heteroatoms. The van der Waals surface area contributed by atoms with Gasteiger partial charge in [0.25, 0.3) is 0 Å². The molecule has 2 rings (SSSR count). The summed E-state index contributed by atoms with van der Waals surface area (Å²) in [6.07, 6.45) is 2.19. The second kappa shape index (κ2) is 5.74. The Kier molecular flexibility index (Phi) is 4.24. The molecule has 3 N–H and O–H groups in total. The van der Waals surface area contributed by atoms with Crippen molar-refractivity contribution in [1.82, 2.24) is 9.97 Å². The van der Waals surface area contributed by atoms with Crippen LogP contribution < -0.4 is 10.6 Å². The molecule has 0 aromatic carbocycles. The van der Waals surface area contributed by atoms with Crippen LogP contribution in [0.5, 0.6) is 0 Å². The van der Waals surface area contributed by atoms with Gasteiger partial charge < -0.3 is 15.7 Å². The average molecular weight is 264 g/mol. The molecule has 1 saturated carbocycles. The van der Waals surface area contributed by atoms with Gasteiger partial charge in [-0.05, 0) is 19.8 Å². The molecule has 1 aromatic rings. The highest BCUT2D eigenvalue weighted by molar-refractivity contribution is 5.48. The van der Waals surface area contributed by atoms with Gasteiger partial charge in [0.15, 0.2) is 0 Å². The number of nitrogens with one attached hydrogen (secondary N) is 2. The number of aliphatic hydroxyl groups excluding tert-OH is 1. The summed E-state index contributed by atoms with van der Waals surface area (Å²) in [6.45, 7) is 8.10. The highest BCUT2D eigenvalue weighted by Gasteiger charge is 2.41. The zero-order chi connectivity index (χ0) is 13.9. The van der Waals surface area contributed by atoms with E-state index in [1.54, 1.807) is 0 Å². The van der Waals surface area contributed by atoms with Crippen LogP contribution in [0, 0.1) is 5.41 Å². The third-order valence-corrected chi connectivity index (χ3v) is 3.55. The fourth-order valence-corrected chi connectivity index (χ4v) is 1.93. The molecule has 0 spiro atoms. The van der Waals surface area contributed by atoms with Crippen LogP contribution in [0.2, 0.25) is 0 Å². The summed E-state index contributed by atoms with van der Waals surface area (Å²) < 4.78 is 0. The van der Waals surface area contributed by atoms with Crippen molar-refractivity contribution >= 4 is 11.6 Å². The molecule has 1 aliphatic rings. The average Bonchev–Trinajstić information content (AvgIpc) is 3.17. The molecule has 1 aliphatic carbocycles. The number of aromatic nitrogens is 2. The zero-order valence-corrected chi connectivity index (χ0v) is 12.0. The maximum atomic E-state index is 9.33. The van der Waals surface area contributed by atoms with E-state index >= 15 is 0 Å². The minimum atomic E-state index is 0.0846. The first-order valence-corrected chi connectivity index (χ1v) is 7.06. The number of hydrogen-bond donors (Lipinski definition) is 3. The normalized spacial score (nSPS) is 16.5. The van der Waals surface area contributed by atoms with Crippen molar-refractivity contribution in [3.8, 4) is 0 Å². The second-order valence-electron chi connectivity index (χ2n) is 5.69. The van der Waals surface area contributed by atoms with Crippen LogP contribution in [-0.2, 0) is 0 Å². The predicted molar refractivity (Wildman–Crippen MR) is 77.5 cm³/mol. The van der Waals surface area contributed by atoms with Crippen molar-refractivity contribution in [2.75, 3.05) is 30.3 Å². The summed E-state index contributed by atoms with van der Waals surface area (Å²) in [6, 6.07) is 1.93.